The SMILES string of the molecule is CCC(=O)c1cccc(S(=O)(=O)Nc2ncc(-c3cncc(F)c3)cn2)c1. The van der Waals surface area contributed by atoms with Crippen molar-refractivity contribution in [1.82, 2.24) is 15.0 Å². The van der Waals surface area contributed by atoms with Gasteiger partial charge in [-0.05, 0) is 18.2 Å². The zero-order valence-electron chi connectivity index (χ0n) is 14.3. The summed E-state index contributed by atoms with van der Waals surface area (Å²) >= 11 is 0. The van der Waals surface area contributed by atoms with Crippen molar-refractivity contribution in [1.29, 1.82) is 0 Å². The lowest BCUT2D eigenvalue weighted by atomic mass is 10.1. The fraction of sp³-hybridized carbons (Fsp3) is 0.111. The van der Waals surface area contributed by atoms with Gasteiger partial charge in [0.15, 0.2) is 5.78 Å². The lowest BCUT2D eigenvalue weighted by Gasteiger charge is -2.08. The van der Waals surface area contributed by atoms with Gasteiger partial charge in [-0.3, -0.25) is 9.78 Å². The van der Waals surface area contributed by atoms with Crippen LogP contribution >= 0.6 is 0 Å². The number of hydrogen-bond donors (Lipinski definition) is 1. The molecule has 0 spiro atoms. The molecule has 1 aromatic carbocycles. The number of aromatic nitrogens is 3. The lowest BCUT2D eigenvalue weighted by Crippen LogP contribution is -2.15. The second kappa shape index (κ2) is 7.58. The second-order valence-electron chi connectivity index (χ2n) is 5.60. The fourth-order valence-electron chi connectivity index (χ4n) is 2.32. The summed E-state index contributed by atoms with van der Waals surface area (Å²) in [5.74, 6) is -0.800. The van der Waals surface area contributed by atoms with Crippen molar-refractivity contribution in [3.8, 4) is 11.1 Å². The molecule has 0 saturated heterocycles. The Kier molecular flexibility index (Phi) is 5.22. The van der Waals surface area contributed by atoms with Crippen LogP contribution in [0.15, 0.2) is 60.0 Å². The molecule has 7 nitrogen and oxygen atoms in total. The number of rotatable bonds is 6. The van der Waals surface area contributed by atoms with Crippen molar-refractivity contribution >= 4 is 21.8 Å². The van der Waals surface area contributed by atoms with E-state index < -0.39 is 15.8 Å². The van der Waals surface area contributed by atoms with E-state index in [0.29, 0.717) is 16.7 Å². The zero-order chi connectivity index (χ0) is 19.4. The summed E-state index contributed by atoms with van der Waals surface area (Å²) in [6.07, 6.45) is 5.51. The molecule has 2 heterocycles. The number of pyridine rings is 1. The van der Waals surface area contributed by atoms with Crippen molar-refractivity contribution in [2.75, 3.05) is 4.72 Å². The van der Waals surface area contributed by atoms with Crippen molar-refractivity contribution in [3.63, 3.8) is 0 Å². The molecule has 0 atom stereocenters. The molecule has 1 N–H and O–H groups in total. The second-order valence-corrected chi connectivity index (χ2v) is 7.28. The minimum absolute atomic E-state index is 0.0659. The normalized spacial score (nSPS) is 11.2. The minimum atomic E-state index is -3.96. The average molecular weight is 386 g/mol. The van der Waals surface area contributed by atoms with Gasteiger partial charge in [0.25, 0.3) is 10.0 Å². The lowest BCUT2D eigenvalue weighted by molar-refractivity contribution is 0.0988. The third kappa shape index (κ3) is 4.32. The van der Waals surface area contributed by atoms with Crippen LogP contribution < -0.4 is 4.72 Å². The van der Waals surface area contributed by atoms with Gasteiger partial charge >= 0.3 is 0 Å². The van der Waals surface area contributed by atoms with Gasteiger partial charge in [-0.25, -0.2) is 27.5 Å². The van der Waals surface area contributed by atoms with Gasteiger partial charge in [0.05, 0.1) is 11.1 Å². The predicted molar refractivity (Wildman–Crippen MR) is 97.1 cm³/mol. The number of carbonyl (C=O) groups is 1. The quantitative estimate of drug-likeness (QED) is 0.653. The summed E-state index contributed by atoms with van der Waals surface area (Å²) in [6.45, 7) is 1.70. The number of benzene rings is 1. The monoisotopic (exact) mass is 386 g/mol. The molecule has 0 radical (unpaired) electrons. The van der Waals surface area contributed by atoms with Crippen LogP contribution in [0, 0.1) is 5.82 Å². The van der Waals surface area contributed by atoms with Gasteiger partial charge in [-0.1, -0.05) is 19.1 Å². The molecule has 0 aliphatic heterocycles. The summed E-state index contributed by atoms with van der Waals surface area (Å²) in [5, 5.41) is 0. The highest BCUT2D eigenvalue weighted by molar-refractivity contribution is 7.92. The molecule has 9 heteroatoms. The Labute approximate surface area is 155 Å². The maximum atomic E-state index is 13.2. The van der Waals surface area contributed by atoms with Crippen LogP contribution in [0.1, 0.15) is 23.7 Å². The summed E-state index contributed by atoms with van der Waals surface area (Å²) in [4.78, 5) is 23.4. The highest BCUT2D eigenvalue weighted by atomic mass is 32.2. The van der Waals surface area contributed by atoms with E-state index >= 15 is 0 Å². The average Bonchev–Trinajstić information content (AvgIpc) is 2.68. The molecule has 0 aliphatic carbocycles. The third-order valence-corrected chi connectivity index (χ3v) is 5.03. The van der Waals surface area contributed by atoms with Crippen molar-refractivity contribution in [3.05, 3.63) is 66.5 Å². The Morgan fingerprint density at radius 1 is 1.07 bits per heavy atom. The van der Waals surface area contributed by atoms with Gasteiger partial charge in [-0.2, -0.15) is 0 Å². The Morgan fingerprint density at radius 3 is 2.48 bits per heavy atom. The molecule has 0 bridgehead atoms. The minimum Gasteiger partial charge on any atom is -0.294 e. The molecule has 138 valence electrons. The predicted octanol–water partition coefficient (Wildman–Crippen LogP) is 3.07. The molecule has 0 aliphatic rings. The highest BCUT2D eigenvalue weighted by Crippen LogP contribution is 2.19. The van der Waals surface area contributed by atoms with E-state index in [1.807, 2.05) is 0 Å². The number of sulfonamides is 1. The van der Waals surface area contributed by atoms with Crippen LogP contribution in [-0.4, -0.2) is 29.2 Å². The van der Waals surface area contributed by atoms with Crippen molar-refractivity contribution in [2.24, 2.45) is 0 Å². The fourth-order valence-corrected chi connectivity index (χ4v) is 3.32. The van der Waals surface area contributed by atoms with E-state index in [1.54, 1.807) is 13.0 Å². The first-order chi connectivity index (χ1) is 12.9. The van der Waals surface area contributed by atoms with Crippen LogP contribution in [0.3, 0.4) is 0 Å². The topological polar surface area (TPSA) is 102 Å². The first-order valence-corrected chi connectivity index (χ1v) is 9.46. The number of nitrogens with one attached hydrogen (secondary N) is 1. The molecule has 3 rings (SSSR count). The van der Waals surface area contributed by atoms with E-state index in [4.69, 9.17) is 0 Å². The Hall–Kier alpha value is -3.20. The maximum Gasteiger partial charge on any atom is 0.264 e. The van der Waals surface area contributed by atoms with E-state index in [1.165, 1.54) is 42.9 Å². The summed E-state index contributed by atoms with van der Waals surface area (Å²) in [6, 6.07) is 7.01. The third-order valence-electron chi connectivity index (χ3n) is 3.70. The van der Waals surface area contributed by atoms with Crippen LogP contribution in [0.5, 0.6) is 0 Å². The molecule has 0 unspecified atom stereocenters. The van der Waals surface area contributed by atoms with Gasteiger partial charge < -0.3 is 0 Å². The van der Waals surface area contributed by atoms with E-state index in [0.717, 1.165) is 6.20 Å². The molecule has 0 saturated carbocycles. The van der Waals surface area contributed by atoms with E-state index in [2.05, 4.69) is 19.7 Å². The number of carbonyl (C=O) groups excluding carboxylic acids is 1. The first kappa shape index (κ1) is 18.6. The van der Waals surface area contributed by atoms with Crippen molar-refractivity contribution in [2.45, 2.75) is 18.2 Å². The number of halogens is 1. The molecule has 2 aromatic heterocycles. The Balaban J connectivity index is 1.83. The van der Waals surface area contributed by atoms with Gasteiger partial charge in [0.1, 0.15) is 5.82 Å². The smallest absolute Gasteiger partial charge is 0.264 e. The number of nitrogens with zero attached hydrogens (tertiary/aromatic N) is 3. The summed E-state index contributed by atoms with van der Waals surface area (Å²) in [7, 11) is -3.96. The molecule has 0 fully saturated rings. The standard InChI is InChI=1S/C18H15FN4O3S/c1-2-17(24)12-4-3-5-16(7-12)27(25,26)23-18-21-9-14(10-22-18)13-6-15(19)11-20-8-13/h3-11H,2H2,1H3,(H,21,22,23). The Bertz CT molecular complexity index is 1090. The van der Waals surface area contributed by atoms with Gasteiger partial charge in [0.2, 0.25) is 5.95 Å². The van der Waals surface area contributed by atoms with Crippen LogP contribution in [0.4, 0.5) is 10.3 Å². The number of hydrogen-bond acceptors (Lipinski definition) is 6. The van der Waals surface area contributed by atoms with Crippen LogP contribution in [0.2, 0.25) is 0 Å². The molecule has 27 heavy (non-hydrogen) atoms. The van der Waals surface area contributed by atoms with E-state index in [9.17, 15) is 17.6 Å². The highest BCUT2D eigenvalue weighted by Gasteiger charge is 2.17. The van der Waals surface area contributed by atoms with Gasteiger partial charge in [0, 0.05) is 41.7 Å². The molecule has 3 aromatic rings. The first-order valence-electron chi connectivity index (χ1n) is 7.98. The maximum absolute atomic E-state index is 13.2. The van der Waals surface area contributed by atoms with Gasteiger partial charge in [-0.15, -0.1) is 0 Å². The molecular formula is C18H15FN4O3S. The summed E-state index contributed by atoms with van der Waals surface area (Å²) < 4.78 is 40.5. The zero-order valence-corrected chi connectivity index (χ0v) is 15.1. The Morgan fingerprint density at radius 2 is 1.81 bits per heavy atom. The number of ketones is 1. The van der Waals surface area contributed by atoms with Crippen molar-refractivity contribution < 1.29 is 17.6 Å². The molecular weight excluding hydrogens is 371 g/mol. The molecule has 0 amide bonds. The summed E-state index contributed by atoms with van der Waals surface area (Å²) in [5.41, 5.74) is 1.27. The number of Topliss-reactive ketones (excluding diaryl/α,β-unsaturated/α-hetero) is 1. The van der Waals surface area contributed by atoms with E-state index in [-0.39, 0.29) is 23.0 Å². The van der Waals surface area contributed by atoms with Crippen LogP contribution in [-0.2, 0) is 10.0 Å². The largest absolute Gasteiger partial charge is 0.294 e. The van der Waals surface area contributed by atoms with Crippen LogP contribution in [0.25, 0.3) is 11.1 Å². The number of anilines is 1.